The Morgan fingerprint density at radius 3 is 2.81 bits per heavy atom. The van der Waals surface area contributed by atoms with Crippen molar-refractivity contribution in [3.63, 3.8) is 0 Å². The van der Waals surface area contributed by atoms with E-state index in [1.807, 2.05) is 0 Å². The molecule has 0 spiro atoms. The predicted octanol–water partition coefficient (Wildman–Crippen LogP) is 0.569. The number of nitrogens with zero attached hydrogens (tertiary/aromatic N) is 3. The van der Waals surface area contributed by atoms with Gasteiger partial charge in [-0.25, -0.2) is 0 Å². The summed E-state index contributed by atoms with van der Waals surface area (Å²) in [5.41, 5.74) is 0.469. The third-order valence-corrected chi connectivity index (χ3v) is 3.35. The Morgan fingerprint density at radius 1 is 1.38 bits per heavy atom. The molecule has 0 fully saturated rings. The summed E-state index contributed by atoms with van der Waals surface area (Å²) in [5, 5.41) is 18.5. The Hall–Kier alpha value is -2.29. The molecule has 1 aromatic carbocycles. The van der Waals surface area contributed by atoms with E-state index in [1.54, 1.807) is 31.2 Å². The summed E-state index contributed by atoms with van der Waals surface area (Å²) in [6.07, 6.45) is 0. The van der Waals surface area contributed by atoms with Gasteiger partial charge in [0.25, 0.3) is 5.91 Å². The van der Waals surface area contributed by atoms with Crippen molar-refractivity contribution >= 4 is 27.7 Å². The SMILES string of the molecule is CC(NC(=O)CNC(=O)c1ccccc1Br)c1nn[nH]n1. The van der Waals surface area contributed by atoms with Crippen molar-refractivity contribution in [1.82, 2.24) is 31.3 Å². The molecule has 9 heteroatoms. The first-order chi connectivity index (χ1) is 10.1. The molecule has 1 atom stereocenters. The van der Waals surface area contributed by atoms with Crippen molar-refractivity contribution in [3.8, 4) is 0 Å². The molecule has 3 N–H and O–H groups in total. The summed E-state index contributed by atoms with van der Waals surface area (Å²) in [7, 11) is 0. The lowest BCUT2D eigenvalue weighted by molar-refractivity contribution is -0.120. The van der Waals surface area contributed by atoms with E-state index in [0.717, 1.165) is 0 Å². The molecule has 1 aromatic heterocycles. The number of benzene rings is 1. The van der Waals surface area contributed by atoms with E-state index in [2.05, 4.69) is 47.2 Å². The molecular formula is C12H13BrN6O2. The van der Waals surface area contributed by atoms with Crippen LogP contribution in [-0.4, -0.2) is 39.0 Å². The fourth-order valence-electron chi connectivity index (χ4n) is 1.61. The van der Waals surface area contributed by atoms with Gasteiger partial charge in [0, 0.05) is 4.47 Å². The Balaban J connectivity index is 1.84. The zero-order valence-electron chi connectivity index (χ0n) is 11.1. The smallest absolute Gasteiger partial charge is 0.252 e. The number of carbonyl (C=O) groups excluding carboxylic acids is 2. The fourth-order valence-corrected chi connectivity index (χ4v) is 2.08. The monoisotopic (exact) mass is 352 g/mol. The quantitative estimate of drug-likeness (QED) is 0.728. The van der Waals surface area contributed by atoms with Gasteiger partial charge in [-0.05, 0) is 35.0 Å². The molecule has 0 aliphatic rings. The standard InChI is InChI=1S/C12H13BrN6O2/c1-7(11-16-18-19-17-11)15-10(20)6-14-12(21)8-4-2-3-5-9(8)13/h2-5,7H,6H2,1H3,(H,14,21)(H,15,20)(H,16,17,18,19). The van der Waals surface area contributed by atoms with E-state index >= 15 is 0 Å². The minimum atomic E-state index is -0.392. The van der Waals surface area contributed by atoms with E-state index in [0.29, 0.717) is 15.9 Å². The molecule has 0 radical (unpaired) electrons. The topological polar surface area (TPSA) is 113 Å². The number of aromatic nitrogens is 4. The highest BCUT2D eigenvalue weighted by molar-refractivity contribution is 9.10. The van der Waals surface area contributed by atoms with Gasteiger partial charge in [0.2, 0.25) is 5.91 Å². The normalized spacial score (nSPS) is 11.7. The van der Waals surface area contributed by atoms with Gasteiger partial charge in [-0.1, -0.05) is 17.3 Å². The second kappa shape index (κ2) is 6.93. The molecule has 1 unspecified atom stereocenters. The number of halogens is 1. The van der Waals surface area contributed by atoms with Crippen LogP contribution in [0.5, 0.6) is 0 Å². The van der Waals surface area contributed by atoms with Crippen LogP contribution in [-0.2, 0) is 4.79 Å². The number of hydrogen-bond acceptors (Lipinski definition) is 5. The van der Waals surface area contributed by atoms with E-state index in [-0.39, 0.29) is 18.4 Å². The first-order valence-electron chi connectivity index (χ1n) is 6.13. The van der Waals surface area contributed by atoms with Crippen molar-refractivity contribution in [2.75, 3.05) is 6.54 Å². The summed E-state index contributed by atoms with van der Waals surface area (Å²) in [4.78, 5) is 23.7. The van der Waals surface area contributed by atoms with Crippen molar-refractivity contribution in [1.29, 1.82) is 0 Å². The van der Waals surface area contributed by atoms with Crippen molar-refractivity contribution in [2.24, 2.45) is 0 Å². The van der Waals surface area contributed by atoms with Gasteiger partial charge in [0.15, 0.2) is 5.82 Å². The Kier molecular flexibility index (Phi) is 4.99. The van der Waals surface area contributed by atoms with Crippen molar-refractivity contribution in [3.05, 3.63) is 40.1 Å². The number of aromatic amines is 1. The van der Waals surface area contributed by atoms with Crippen molar-refractivity contribution in [2.45, 2.75) is 13.0 Å². The summed E-state index contributed by atoms with van der Waals surface area (Å²) < 4.78 is 0.670. The molecule has 0 saturated heterocycles. The van der Waals surface area contributed by atoms with Crippen LogP contribution in [0.25, 0.3) is 0 Å². The van der Waals surface area contributed by atoms with E-state index in [4.69, 9.17) is 0 Å². The first-order valence-corrected chi connectivity index (χ1v) is 6.92. The van der Waals surface area contributed by atoms with Crippen LogP contribution in [0, 0.1) is 0 Å². The average Bonchev–Trinajstić information content (AvgIpc) is 2.99. The van der Waals surface area contributed by atoms with Gasteiger partial charge < -0.3 is 10.6 Å². The minimum Gasteiger partial charge on any atom is -0.345 e. The number of nitrogens with one attached hydrogen (secondary N) is 3. The third kappa shape index (κ3) is 4.09. The summed E-state index contributed by atoms with van der Waals surface area (Å²) in [5.74, 6) is -0.293. The minimum absolute atomic E-state index is 0.137. The second-order valence-electron chi connectivity index (χ2n) is 4.22. The highest BCUT2D eigenvalue weighted by Crippen LogP contribution is 2.15. The molecule has 0 aliphatic heterocycles. The zero-order valence-corrected chi connectivity index (χ0v) is 12.7. The second-order valence-corrected chi connectivity index (χ2v) is 5.08. The van der Waals surface area contributed by atoms with Crippen LogP contribution in [0.4, 0.5) is 0 Å². The third-order valence-electron chi connectivity index (χ3n) is 2.65. The van der Waals surface area contributed by atoms with Gasteiger partial charge in [-0.3, -0.25) is 9.59 Å². The van der Waals surface area contributed by atoms with Crippen molar-refractivity contribution < 1.29 is 9.59 Å². The maximum Gasteiger partial charge on any atom is 0.252 e. The summed E-state index contributed by atoms with van der Waals surface area (Å²) in [6, 6.07) is 6.58. The summed E-state index contributed by atoms with van der Waals surface area (Å²) in [6.45, 7) is 1.58. The van der Waals surface area contributed by atoms with Crippen LogP contribution < -0.4 is 10.6 Å². The van der Waals surface area contributed by atoms with Crippen LogP contribution >= 0.6 is 15.9 Å². The Bertz CT molecular complexity index is 630. The number of tetrazole rings is 1. The molecule has 21 heavy (non-hydrogen) atoms. The molecular weight excluding hydrogens is 340 g/mol. The fraction of sp³-hybridized carbons (Fsp3) is 0.250. The zero-order chi connectivity index (χ0) is 15.2. The molecule has 1 heterocycles. The number of H-pyrrole nitrogens is 1. The lowest BCUT2D eigenvalue weighted by atomic mass is 10.2. The number of hydrogen-bond donors (Lipinski definition) is 3. The Morgan fingerprint density at radius 2 is 2.14 bits per heavy atom. The van der Waals surface area contributed by atoms with Crippen LogP contribution in [0.1, 0.15) is 29.1 Å². The van der Waals surface area contributed by atoms with E-state index in [9.17, 15) is 9.59 Å². The Labute approximate surface area is 128 Å². The highest BCUT2D eigenvalue weighted by atomic mass is 79.9. The number of amides is 2. The van der Waals surface area contributed by atoms with Gasteiger partial charge >= 0.3 is 0 Å². The maximum atomic E-state index is 11.9. The molecule has 8 nitrogen and oxygen atoms in total. The molecule has 2 rings (SSSR count). The number of rotatable bonds is 5. The van der Waals surface area contributed by atoms with E-state index in [1.165, 1.54) is 0 Å². The lowest BCUT2D eigenvalue weighted by Crippen LogP contribution is -2.38. The molecule has 2 amide bonds. The van der Waals surface area contributed by atoms with Gasteiger partial charge in [0.05, 0.1) is 18.2 Å². The maximum absolute atomic E-state index is 11.9. The molecule has 2 aromatic rings. The number of carbonyl (C=O) groups is 2. The highest BCUT2D eigenvalue weighted by Gasteiger charge is 2.15. The summed E-state index contributed by atoms with van der Waals surface area (Å²) >= 11 is 3.28. The predicted molar refractivity (Wildman–Crippen MR) is 77.2 cm³/mol. The molecule has 0 saturated carbocycles. The average molecular weight is 353 g/mol. The van der Waals surface area contributed by atoms with E-state index < -0.39 is 6.04 Å². The van der Waals surface area contributed by atoms with Gasteiger partial charge in [-0.2, -0.15) is 5.21 Å². The van der Waals surface area contributed by atoms with Gasteiger partial charge in [-0.15, -0.1) is 10.2 Å². The molecule has 110 valence electrons. The molecule has 0 aliphatic carbocycles. The largest absolute Gasteiger partial charge is 0.345 e. The van der Waals surface area contributed by atoms with Crippen LogP contribution in [0.2, 0.25) is 0 Å². The van der Waals surface area contributed by atoms with Crippen LogP contribution in [0.3, 0.4) is 0 Å². The van der Waals surface area contributed by atoms with Crippen LogP contribution in [0.15, 0.2) is 28.7 Å². The lowest BCUT2D eigenvalue weighted by Gasteiger charge is -2.11. The van der Waals surface area contributed by atoms with Gasteiger partial charge in [0.1, 0.15) is 0 Å². The molecule has 0 bridgehead atoms. The first kappa shape index (κ1) is 15.1.